The van der Waals surface area contributed by atoms with E-state index in [9.17, 15) is 4.79 Å². The Hall–Kier alpha value is -2.58. The van der Waals surface area contributed by atoms with Gasteiger partial charge in [-0.1, -0.05) is 47.6 Å². The topological polar surface area (TPSA) is 65.8 Å². The molecule has 0 radical (unpaired) electrons. The molecule has 17 heavy (non-hydrogen) atoms. The molecule has 0 saturated carbocycles. The molecule has 0 bridgehead atoms. The van der Waals surface area contributed by atoms with E-state index in [1.54, 1.807) is 0 Å². The summed E-state index contributed by atoms with van der Waals surface area (Å²) in [6, 6.07) is 13.4. The molecule has 0 aliphatic rings. The minimum Gasteiger partial charge on any atom is -0.299 e. The smallest absolute Gasteiger partial charge is 0.143 e. The fourth-order valence-corrected chi connectivity index (χ4v) is 1.74. The van der Waals surface area contributed by atoms with Gasteiger partial charge in [-0.3, -0.25) is 4.79 Å². The average Bonchev–Trinajstić information content (AvgIpc) is 2.38. The summed E-state index contributed by atoms with van der Waals surface area (Å²) < 4.78 is 0. The lowest BCUT2D eigenvalue weighted by molar-refractivity contribution is -0.104. The standard InChI is InChI=1S/C13H9N3O/c14-16-15-13(8-9-17)12-7-3-5-10-4-1-2-6-11(10)12/h1-9H/b13-8-. The van der Waals surface area contributed by atoms with E-state index < -0.39 is 0 Å². The van der Waals surface area contributed by atoms with Crippen LogP contribution in [0.25, 0.3) is 26.9 Å². The molecule has 0 spiro atoms. The number of hydrogen-bond donors (Lipinski definition) is 0. The van der Waals surface area contributed by atoms with Gasteiger partial charge in [0, 0.05) is 10.6 Å². The number of aldehydes is 1. The van der Waals surface area contributed by atoms with Crippen molar-refractivity contribution in [1.82, 2.24) is 0 Å². The molecule has 0 aromatic heterocycles. The lowest BCUT2D eigenvalue weighted by Gasteiger charge is -2.05. The van der Waals surface area contributed by atoms with E-state index >= 15 is 0 Å². The highest BCUT2D eigenvalue weighted by Gasteiger charge is 2.03. The largest absolute Gasteiger partial charge is 0.299 e. The van der Waals surface area contributed by atoms with Crippen LogP contribution < -0.4 is 0 Å². The lowest BCUT2D eigenvalue weighted by Crippen LogP contribution is -1.84. The number of allylic oxidation sites excluding steroid dienone is 1. The van der Waals surface area contributed by atoms with E-state index in [0.29, 0.717) is 12.0 Å². The van der Waals surface area contributed by atoms with Crippen molar-refractivity contribution < 1.29 is 4.79 Å². The fraction of sp³-hybridized carbons (Fsp3) is 0. The van der Waals surface area contributed by atoms with Crippen LogP contribution in [0.15, 0.2) is 53.7 Å². The third-order valence-electron chi connectivity index (χ3n) is 2.44. The van der Waals surface area contributed by atoms with Crippen LogP contribution in [-0.4, -0.2) is 6.29 Å². The zero-order chi connectivity index (χ0) is 12.1. The van der Waals surface area contributed by atoms with Crippen molar-refractivity contribution in [3.8, 4) is 0 Å². The van der Waals surface area contributed by atoms with Crippen molar-refractivity contribution >= 4 is 22.8 Å². The summed E-state index contributed by atoms with van der Waals surface area (Å²) >= 11 is 0. The Kier molecular flexibility index (Phi) is 3.19. The van der Waals surface area contributed by atoms with Gasteiger partial charge in [-0.25, -0.2) is 0 Å². The van der Waals surface area contributed by atoms with E-state index in [1.807, 2.05) is 42.5 Å². The highest BCUT2D eigenvalue weighted by Crippen LogP contribution is 2.25. The van der Waals surface area contributed by atoms with E-state index in [2.05, 4.69) is 10.0 Å². The molecule has 82 valence electrons. The van der Waals surface area contributed by atoms with Crippen LogP contribution in [0.1, 0.15) is 5.56 Å². The summed E-state index contributed by atoms with van der Waals surface area (Å²) in [5.41, 5.74) is 9.59. The average molecular weight is 223 g/mol. The molecule has 0 unspecified atom stereocenters. The Balaban J connectivity index is 2.73. The van der Waals surface area contributed by atoms with Gasteiger partial charge in [0.2, 0.25) is 0 Å². The molecule has 2 rings (SSSR count). The zero-order valence-electron chi connectivity index (χ0n) is 8.95. The van der Waals surface area contributed by atoms with Crippen LogP contribution >= 0.6 is 0 Å². The number of carbonyl (C=O) groups is 1. The number of fused-ring (bicyclic) bond motifs is 1. The third kappa shape index (κ3) is 2.17. The molecule has 0 amide bonds. The summed E-state index contributed by atoms with van der Waals surface area (Å²) in [5, 5.41) is 5.54. The summed E-state index contributed by atoms with van der Waals surface area (Å²) in [6.45, 7) is 0. The van der Waals surface area contributed by atoms with Gasteiger partial charge < -0.3 is 0 Å². The monoisotopic (exact) mass is 223 g/mol. The minimum atomic E-state index is 0.333. The van der Waals surface area contributed by atoms with Gasteiger partial charge in [0.25, 0.3) is 0 Å². The summed E-state index contributed by atoms with van der Waals surface area (Å²) in [7, 11) is 0. The molecule has 4 nitrogen and oxygen atoms in total. The first-order valence-corrected chi connectivity index (χ1v) is 5.05. The van der Waals surface area contributed by atoms with Gasteiger partial charge in [0.15, 0.2) is 0 Å². The first-order valence-electron chi connectivity index (χ1n) is 5.05. The van der Waals surface area contributed by atoms with Crippen LogP contribution in [0, 0.1) is 0 Å². The molecule has 2 aromatic rings. The van der Waals surface area contributed by atoms with Crippen molar-refractivity contribution in [1.29, 1.82) is 0 Å². The Morgan fingerprint density at radius 1 is 1.18 bits per heavy atom. The SMILES string of the molecule is [N-]=[N+]=N/C(=C\C=O)c1cccc2ccccc12. The number of carbonyl (C=O) groups excluding carboxylic acids is 1. The van der Waals surface area contributed by atoms with Gasteiger partial charge in [0.05, 0.1) is 0 Å². The highest BCUT2D eigenvalue weighted by molar-refractivity contribution is 5.96. The molecule has 0 aliphatic heterocycles. The second kappa shape index (κ2) is 4.96. The predicted molar refractivity (Wildman–Crippen MR) is 67.1 cm³/mol. The molecule has 4 heteroatoms. The van der Waals surface area contributed by atoms with Gasteiger partial charge in [-0.15, -0.1) is 0 Å². The number of hydrogen-bond acceptors (Lipinski definition) is 2. The molecule has 0 fully saturated rings. The second-order valence-electron chi connectivity index (χ2n) is 3.40. The van der Waals surface area contributed by atoms with Crippen molar-refractivity contribution in [2.24, 2.45) is 5.11 Å². The van der Waals surface area contributed by atoms with E-state index in [1.165, 1.54) is 6.08 Å². The molecular formula is C13H9N3O. The van der Waals surface area contributed by atoms with Crippen LogP contribution in [0.3, 0.4) is 0 Å². The number of benzene rings is 2. The lowest BCUT2D eigenvalue weighted by atomic mass is 10.0. The van der Waals surface area contributed by atoms with Crippen molar-refractivity contribution in [2.75, 3.05) is 0 Å². The second-order valence-corrected chi connectivity index (χ2v) is 3.40. The molecule has 0 saturated heterocycles. The Labute approximate surface area is 97.8 Å². The van der Waals surface area contributed by atoms with Crippen molar-refractivity contribution in [3.63, 3.8) is 0 Å². The van der Waals surface area contributed by atoms with E-state index in [0.717, 1.165) is 16.3 Å². The molecular weight excluding hydrogens is 214 g/mol. The third-order valence-corrected chi connectivity index (χ3v) is 2.44. The molecule has 0 N–H and O–H groups in total. The first-order chi connectivity index (χ1) is 8.36. The molecule has 2 aromatic carbocycles. The minimum absolute atomic E-state index is 0.333. The number of nitrogens with zero attached hydrogens (tertiary/aromatic N) is 3. The summed E-state index contributed by atoms with van der Waals surface area (Å²) in [6.07, 6.45) is 1.88. The molecule has 0 aliphatic carbocycles. The van der Waals surface area contributed by atoms with Crippen molar-refractivity contribution in [3.05, 3.63) is 64.5 Å². The van der Waals surface area contributed by atoms with Gasteiger partial charge in [0.1, 0.15) is 6.29 Å². The fourth-order valence-electron chi connectivity index (χ4n) is 1.74. The summed E-state index contributed by atoms with van der Waals surface area (Å²) in [4.78, 5) is 13.3. The van der Waals surface area contributed by atoms with Gasteiger partial charge in [-0.05, 0) is 27.9 Å². The highest BCUT2D eigenvalue weighted by atomic mass is 16.1. The van der Waals surface area contributed by atoms with Crippen molar-refractivity contribution in [2.45, 2.75) is 0 Å². The Morgan fingerprint density at radius 2 is 1.94 bits per heavy atom. The van der Waals surface area contributed by atoms with Crippen LogP contribution in [0.2, 0.25) is 0 Å². The van der Waals surface area contributed by atoms with Gasteiger partial charge >= 0.3 is 0 Å². The molecule has 0 atom stereocenters. The van der Waals surface area contributed by atoms with E-state index in [4.69, 9.17) is 5.53 Å². The quantitative estimate of drug-likeness (QED) is 0.257. The van der Waals surface area contributed by atoms with Crippen LogP contribution in [0.4, 0.5) is 0 Å². The maximum Gasteiger partial charge on any atom is 0.143 e. The van der Waals surface area contributed by atoms with Gasteiger partial charge in [-0.2, -0.15) is 0 Å². The normalized spacial score (nSPS) is 10.9. The summed E-state index contributed by atoms with van der Waals surface area (Å²) in [5.74, 6) is 0. The van der Waals surface area contributed by atoms with Crippen LogP contribution in [-0.2, 0) is 4.79 Å². The zero-order valence-corrected chi connectivity index (χ0v) is 8.95. The maximum absolute atomic E-state index is 10.5. The first kappa shape index (κ1) is 10.9. The number of azide groups is 1. The van der Waals surface area contributed by atoms with E-state index in [-0.39, 0.29) is 0 Å². The molecule has 0 heterocycles. The predicted octanol–water partition coefficient (Wildman–Crippen LogP) is 3.69. The number of rotatable bonds is 3. The Bertz CT molecular complexity index is 635. The Morgan fingerprint density at radius 3 is 2.71 bits per heavy atom. The van der Waals surface area contributed by atoms with Crippen LogP contribution in [0.5, 0.6) is 0 Å². The maximum atomic E-state index is 10.5.